The highest BCUT2D eigenvalue weighted by Crippen LogP contribution is 2.30. The summed E-state index contributed by atoms with van der Waals surface area (Å²) in [5.41, 5.74) is -0.0364. The van der Waals surface area contributed by atoms with Crippen LogP contribution >= 0.6 is 0 Å². The van der Waals surface area contributed by atoms with Gasteiger partial charge < -0.3 is 10.0 Å². The molecule has 1 aliphatic carbocycles. The van der Waals surface area contributed by atoms with Crippen LogP contribution in [0, 0.1) is 0 Å². The number of hydrogen-bond donors (Lipinski definition) is 1. The minimum atomic E-state index is -1.10. The molecule has 0 bridgehead atoms. The van der Waals surface area contributed by atoms with Crippen molar-refractivity contribution in [2.24, 2.45) is 0 Å². The largest absolute Gasteiger partial charge is 0.380 e. The van der Waals surface area contributed by atoms with E-state index in [1.165, 1.54) is 0 Å². The molecule has 5 heteroatoms. The number of amides is 1. The quantitative estimate of drug-likeness (QED) is 0.926. The lowest BCUT2D eigenvalue weighted by molar-refractivity contribution is -0.156. The molecule has 1 unspecified atom stereocenters. The van der Waals surface area contributed by atoms with E-state index in [0.29, 0.717) is 25.9 Å². The maximum absolute atomic E-state index is 12.7. The molecule has 23 heavy (non-hydrogen) atoms. The molecule has 1 aromatic rings. The van der Waals surface area contributed by atoms with E-state index in [9.17, 15) is 9.90 Å². The van der Waals surface area contributed by atoms with E-state index in [0.717, 1.165) is 38.0 Å². The van der Waals surface area contributed by atoms with Crippen molar-refractivity contribution in [1.29, 1.82) is 0 Å². The number of rotatable bonds is 3. The smallest absolute Gasteiger partial charge is 0.254 e. The van der Waals surface area contributed by atoms with E-state index in [4.69, 9.17) is 0 Å². The van der Waals surface area contributed by atoms with Crippen molar-refractivity contribution < 1.29 is 9.90 Å². The highest BCUT2D eigenvalue weighted by Gasteiger charge is 2.41. The third-order valence-electron chi connectivity index (χ3n) is 5.34. The Morgan fingerprint density at radius 1 is 1.17 bits per heavy atom. The first-order valence-electron chi connectivity index (χ1n) is 8.77. The number of aromatic nitrogens is 1. The molecule has 0 spiro atoms. The van der Waals surface area contributed by atoms with Crippen LogP contribution < -0.4 is 0 Å². The minimum Gasteiger partial charge on any atom is -0.380 e. The van der Waals surface area contributed by atoms with E-state index in [1.807, 2.05) is 29.3 Å². The molecule has 126 valence electrons. The van der Waals surface area contributed by atoms with Crippen LogP contribution in [-0.2, 0) is 4.79 Å². The maximum atomic E-state index is 12.7. The van der Waals surface area contributed by atoms with Crippen LogP contribution in [0.25, 0.3) is 0 Å². The Morgan fingerprint density at radius 2 is 1.87 bits per heavy atom. The summed E-state index contributed by atoms with van der Waals surface area (Å²) in [7, 11) is 0. The lowest BCUT2D eigenvalue weighted by atomic mass is 9.83. The van der Waals surface area contributed by atoms with Gasteiger partial charge in [-0.3, -0.25) is 14.7 Å². The van der Waals surface area contributed by atoms with Gasteiger partial charge in [0.15, 0.2) is 0 Å². The summed E-state index contributed by atoms with van der Waals surface area (Å²) in [5, 5.41) is 10.6. The Kier molecular flexibility index (Phi) is 4.97. The summed E-state index contributed by atoms with van der Waals surface area (Å²) in [6, 6.07) is 6.24. The molecule has 1 atom stereocenters. The zero-order chi connectivity index (χ0) is 16.3. The number of nitrogens with zero attached hydrogens (tertiary/aromatic N) is 3. The van der Waals surface area contributed by atoms with Gasteiger partial charge in [0.05, 0.1) is 5.69 Å². The van der Waals surface area contributed by atoms with Crippen LogP contribution in [0.2, 0.25) is 0 Å². The summed E-state index contributed by atoms with van der Waals surface area (Å²) in [6.07, 6.45) is 6.11. The summed E-state index contributed by atoms with van der Waals surface area (Å²) in [5.74, 6) is -0.0534. The van der Waals surface area contributed by atoms with Crippen LogP contribution in [0.5, 0.6) is 0 Å². The lowest BCUT2D eigenvalue weighted by Crippen LogP contribution is -2.56. The van der Waals surface area contributed by atoms with E-state index in [-0.39, 0.29) is 11.9 Å². The third kappa shape index (κ3) is 3.56. The molecular formula is C18H27N3O2. The van der Waals surface area contributed by atoms with Gasteiger partial charge in [-0.15, -0.1) is 0 Å². The fourth-order valence-electron chi connectivity index (χ4n) is 3.77. The Bertz CT molecular complexity index is 520. The molecule has 1 aliphatic heterocycles. The zero-order valence-electron chi connectivity index (χ0n) is 13.9. The summed E-state index contributed by atoms with van der Waals surface area (Å²) in [6.45, 7) is 5.21. The van der Waals surface area contributed by atoms with Gasteiger partial charge in [-0.05, 0) is 31.9 Å². The van der Waals surface area contributed by atoms with Crippen LogP contribution in [-0.4, -0.2) is 57.6 Å². The second-order valence-corrected chi connectivity index (χ2v) is 6.85. The molecule has 1 aromatic heterocycles. The van der Waals surface area contributed by atoms with Crippen molar-refractivity contribution in [3.05, 3.63) is 30.1 Å². The molecule has 5 nitrogen and oxygen atoms in total. The first-order valence-corrected chi connectivity index (χ1v) is 8.77. The molecule has 0 radical (unpaired) electrons. The number of carbonyl (C=O) groups excluding carboxylic acids is 1. The standard InChI is InChI=1S/C18H27N3O2/c1-15(16-7-3-6-10-19-16)20-11-13-21(14-12-20)17(22)18(23)8-4-2-5-9-18/h3,6-7,10,15,23H,2,4-5,8-9,11-14H2,1H3. The second kappa shape index (κ2) is 6.97. The highest BCUT2D eigenvalue weighted by atomic mass is 16.3. The molecule has 0 aromatic carbocycles. The Hall–Kier alpha value is -1.46. The number of carbonyl (C=O) groups is 1. The predicted molar refractivity (Wildman–Crippen MR) is 88.8 cm³/mol. The maximum Gasteiger partial charge on any atom is 0.254 e. The Balaban J connectivity index is 1.57. The van der Waals surface area contributed by atoms with Crippen LogP contribution in [0.3, 0.4) is 0 Å². The van der Waals surface area contributed by atoms with Gasteiger partial charge >= 0.3 is 0 Å². The van der Waals surface area contributed by atoms with Crippen molar-refractivity contribution in [2.75, 3.05) is 26.2 Å². The normalized spacial score (nSPS) is 23.5. The van der Waals surface area contributed by atoms with Crippen LogP contribution in [0.4, 0.5) is 0 Å². The fourth-order valence-corrected chi connectivity index (χ4v) is 3.77. The highest BCUT2D eigenvalue weighted by molar-refractivity contribution is 5.85. The fraction of sp³-hybridized carbons (Fsp3) is 0.667. The van der Waals surface area contributed by atoms with Crippen LogP contribution in [0.15, 0.2) is 24.4 Å². The van der Waals surface area contributed by atoms with Crippen molar-refractivity contribution in [2.45, 2.75) is 50.7 Å². The predicted octanol–water partition coefficient (Wildman–Crippen LogP) is 1.98. The van der Waals surface area contributed by atoms with Gasteiger partial charge in [0.1, 0.15) is 5.60 Å². The average molecular weight is 317 g/mol. The zero-order valence-corrected chi connectivity index (χ0v) is 13.9. The summed E-state index contributed by atoms with van der Waals surface area (Å²) >= 11 is 0. The minimum absolute atomic E-state index is 0.0534. The SMILES string of the molecule is CC(c1ccccn1)N1CCN(C(=O)C2(O)CCCCC2)CC1. The molecule has 3 rings (SSSR count). The van der Waals surface area contributed by atoms with Gasteiger partial charge in [-0.2, -0.15) is 0 Å². The lowest BCUT2D eigenvalue weighted by Gasteiger charge is -2.41. The van der Waals surface area contributed by atoms with Crippen molar-refractivity contribution in [3.63, 3.8) is 0 Å². The number of aliphatic hydroxyl groups is 1. The first-order chi connectivity index (χ1) is 11.1. The molecule has 1 saturated carbocycles. The number of hydrogen-bond acceptors (Lipinski definition) is 4. The van der Waals surface area contributed by atoms with Gasteiger partial charge in [0, 0.05) is 38.4 Å². The monoisotopic (exact) mass is 317 g/mol. The van der Waals surface area contributed by atoms with Crippen molar-refractivity contribution >= 4 is 5.91 Å². The van der Waals surface area contributed by atoms with Crippen molar-refractivity contribution in [1.82, 2.24) is 14.8 Å². The molecule has 2 fully saturated rings. The summed E-state index contributed by atoms with van der Waals surface area (Å²) < 4.78 is 0. The molecular weight excluding hydrogens is 290 g/mol. The second-order valence-electron chi connectivity index (χ2n) is 6.85. The molecule has 2 heterocycles. The Morgan fingerprint density at radius 3 is 2.48 bits per heavy atom. The van der Waals surface area contributed by atoms with Gasteiger partial charge in [0.25, 0.3) is 5.91 Å². The Labute approximate surface area is 138 Å². The van der Waals surface area contributed by atoms with E-state index >= 15 is 0 Å². The van der Waals surface area contributed by atoms with E-state index < -0.39 is 5.60 Å². The average Bonchev–Trinajstić information content (AvgIpc) is 2.62. The van der Waals surface area contributed by atoms with E-state index in [1.54, 1.807) is 0 Å². The molecule has 1 amide bonds. The van der Waals surface area contributed by atoms with Gasteiger partial charge in [-0.25, -0.2) is 0 Å². The molecule has 1 saturated heterocycles. The number of piperazine rings is 1. The van der Waals surface area contributed by atoms with Gasteiger partial charge in [-0.1, -0.05) is 25.3 Å². The topological polar surface area (TPSA) is 56.7 Å². The van der Waals surface area contributed by atoms with Gasteiger partial charge in [0.2, 0.25) is 0 Å². The molecule has 1 N–H and O–H groups in total. The third-order valence-corrected chi connectivity index (χ3v) is 5.34. The molecule has 2 aliphatic rings. The van der Waals surface area contributed by atoms with E-state index in [2.05, 4.69) is 16.8 Å². The number of pyridine rings is 1. The first kappa shape index (κ1) is 16.4. The van der Waals surface area contributed by atoms with Crippen LogP contribution in [0.1, 0.15) is 50.8 Å². The summed E-state index contributed by atoms with van der Waals surface area (Å²) in [4.78, 5) is 21.3. The van der Waals surface area contributed by atoms with Crippen molar-refractivity contribution in [3.8, 4) is 0 Å².